The lowest BCUT2D eigenvalue weighted by molar-refractivity contribution is -0.165. The second-order valence-corrected chi connectivity index (χ2v) is 6.84. The van der Waals surface area contributed by atoms with Gasteiger partial charge in [-0.15, -0.1) is 0 Å². The molecule has 1 aliphatic heterocycles. The molecule has 2 aromatic carbocycles. The number of ether oxygens (including phenoxy) is 4. The van der Waals surface area contributed by atoms with Crippen molar-refractivity contribution in [1.82, 2.24) is 0 Å². The van der Waals surface area contributed by atoms with Gasteiger partial charge in [-0.3, -0.25) is 10.2 Å². The van der Waals surface area contributed by atoms with Crippen LogP contribution in [0.4, 0.5) is 0 Å². The van der Waals surface area contributed by atoms with Crippen LogP contribution in [-0.2, 0) is 27.3 Å². The van der Waals surface area contributed by atoms with Crippen molar-refractivity contribution in [2.75, 3.05) is 6.61 Å². The molecule has 0 saturated heterocycles. The molecule has 0 saturated carbocycles. The summed E-state index contributed by atoms with van der Waals surface area (Å²) in [5.74, 6) is 1.45. The number of hydrogen-bond donors (Lipinski definition) is 1. The highest BCUT2D eigenvalue weighted by molar-refractivity contribution is 5.91. The van der Waals surface area contributed by atoms with Crippen LogP contribution < -0.4 is 9.47 Å². The van der Waals surface area contributed by atoms with Gasteiger partial charge in [0.15, 0.2) is 0 Å². The Morgan fingerprint density at radius 2 is 1.97 bits per heavy atom. The molecule has 154 valence electrons. The molecule has 1 unspecified atom stereocenters. The minimum atomic E-state index is -0.512. The maximum absolute atomic E-state index is 11.6. The van der Waals surface area contributed by atoms with Crippen LogP contribution in [0.25, 0.3) is 0 Å². The number of rotatable bonds is 8. The molecule has 1 aliphatic rings. The third kappa shape index (κ3) is 5.73. The molecule has 1 heterocycles. The summed E-state index contributed by atoms with van der Waals surface area (Å²) in [4.78, 5) is 11.6. The number of esters is 1. The fourth-order valence-corrected chi connectivity index (χ4v) is 3.07. The number of carbonyl (C=O) groups is 1. The van der Waals surface area contributed by atoms with Crippen LogP contribution in [0.15, 0.2) is 42.5 Å². The molecule has 1 N–H and O–H groups in total. The van der Waals surface area contributed by atoms with Crippen molar-refractivity contribution >= 4 is 11.9 Å². The quantitative estimate of drug-likeness (QED) is 0.399. The van der Waals surface area contributed by atoms with E-state index in [1.54, 1.807) is 0 Å². The number of aryl methyl sites for hydroxylation is 1. The first-order chi connectivity index (χ1) is 14.1. The third-order valence-electron chi connectivity index (χ3n) is 4.57. The van der Waals surface area contributed by atoms with E-state index >= 15 is 0 Å². The van der Waals surface area contributed by atoms with Gasteiger partial charge in [-0.25, -0.2) is 0 Å². The zero-order valence-corrected chi connectivity index (χ0v) is 16.9. The predicted octanol–water partition coefficient (Wildman–Crippen LogP) is 4.62. The zero-order valence-electron chi connectivity index (χ0n) is 16.9. The Bertz CT molecular complexity index is 847. The molecule has 29 heavy (non-hydrogen) atoms. The van der Waals surface area contributed by atoms with E-state index in [-0.39, 0.29) is 11.9 Å². The molecule has 0 aliphatic carbocycles. The number of nitrogens with one attached hydrogen (secondary N) is 1. The summed E-state index contributed by atoms with van der Waals surface area (Å²) in [5.41, 5.74) is 2.80. The molecule has 6 nitrogen and oxygen atoms in total. The van der Waals surface area contributed by atoms with Crippen molar-refractivity contribution in [3.63, 3.8) is 0 Å². The van der Waals surface area contributed by atoms with Gasteiger partial charge in [-0.05, 0) is 61.2 Å². The molecule has 2 aromatic rings. The minimum absolute atomic E-state index is 0.174. The molecule has 0 spiro atoms. The van der Waals surface area contributed by atoms with Gasteiger partial charge in [0.25, 0.3) is 0 Å². The minimum Gasteiger partial charge on any atom is -0.489 e. The first-order valence-corrected chi connectivity index (χ1v) is 10.0. The summed E-state index contributed by atoms with van der Waals surface area (Å²) < 4.78 is 22.2. The topological polar surface area (TPSA) is 77.8 Å². The summed E-state index contributed by atoms with van der Waals surface area (Å²) >= 11 is 0. The van der Waals surface area contributed by atoms with E-state index in [1.165, 1.54) is 0 Å². The maximum Gasteiger partial charge on any atom is 0.308 e. The average Bonchev–Trinajstić information content (AvgIpc) is 2.73. The molecular formula is C23H27NO5. The van der Waals surface area contributed by atoms with Gasteiger partial charge in [0.1, 0.15) is 18.1 Å². The molecule has 6 heteroatoms. The van der Waals surface area contributed by atoms with Crippen molar-refractivity contribution in [3.05, 3.63) is 59.2 Å². The Morgan fingerprint density at radius 1 is 1.17 bits per heavy atom. The second-order valence-electron chi connectivity index (χ2n) is 6.84. The largest absolute Gasteiger partial charge is 0.489 e. The van der Waals surface area contributed by atoms with Gasteiger partial charge in [-0.2, -0.15) is 0 Å². The van der Waals surface area contributed by atoms with Gasteiger partial charge in [0.05, 0.1) is 6.61 Å². The maximum atomic E-state index is 11.6. The van der Waals surface area contributed by atoms with Crippen molar-refractivity contribution in [2.24, 2.45) is 0 Å². The van der Waals surface area contributed by atoms with Crippen LogP contribution >= 0.6 is 0 Å². The zero-order chi connectivity index (χ0) is 20.6. The Kier molecular flexibility index (Phi) is 7.11. The van der Waals surface area contributed by atoms with Gasteiger partial charge in [0, 0.05) is 18.4 Å². The first kappa shape index (κ1) is 20.7. The van der Waals surface area contributed by atoms with Gasteiger partial charge < -0.3 is 18.9 Å². The van der Waals surface area contributed by atoms with Crippen LogP contribution in [0.5, 0.6) is 11.5 Å². The van der Waals surface area contributed by atoms with Crippen molar-refractivity contribution < 1.29 is 23.7 Å². The highest BCUT2D eigenvalue weighted by atomic mass is 16.7. The Labute approximate surface area is 171 Å². The number of carbonyl (C=O) groups excluding carboxylic acids is 1. The summed E-state index contributed by atoms with van der Waals surface area (Å²) in [5, 5.41) is 7.80. The monoisotopic (exact) mass is 397 g/mol. The Hall–Kier alpha value is -3.02. The fraction of sp³-hybridized carbons (Fsp3) is 0.391. The highest BCUT2D eigenvalue weighted by Gasteiger charge is 2.23. The summed E-state index contributed by atoms with van der Waals surface area (Å²) in [6, 6.07) is 13.3. The molecule has 0 amide bonds. The van der Waals surface area contributed by atoms with E-state index in [1.807, 2.05) is 56.3 Å². The lowest BCUT2D eigenvalue weighted by Gasteiger charge is -2.26. The van der Waals surface area contributed by atoms with Gasteiger partial charge in [0.2, 0.25) is 12.2 Å². The number of hydrogen-bond acceptors (Lipinski definition) is 6. The second kappa shape index (κ2) is 9.96. The fourth-order valence-electron chi connectivity index (χ4n) is 3.07. The summed E-state index contributed by atoms with van der Waals surface area (Å²) in [6.07, 6.45) is 2.07. The lowest BCUT2D eigenvalue weighted by atomic mass is 10.1. The summed E-state index contributed by atoms with van der Waals surface area (Å²) in [6.45, 7) is 4.71. The standard InChI is InChI=1S/C23H27NO5/c1-3-5-21(25)29-22-13-10-18-14-19(11-12-20(18)28-22)27-15-16-6-8-17(9-7-16)23(24)26-4-2/h6-9,11-12,14,22,24H,3-5,10,13,15H2,1-2H3. The average molecular weight is 397 g/mol. The van der Waals surface area contributed by atoms with E-state index in [9.17, 15) is 4.79 Å². The smallest absolute Gasteiger partial charge is 0.308 e. The summed E-state index contributed by atoms with van der Waals surface area (Å²) in [7, 11) is 0. The van der Waals surface area contributed by atoms with Crippen LogP contribution in [0.2, 0.25) is 0 Å². The number of benzene rings is 2. The van der Waals surface area contributed by atoms with Crippen LogP contribution in [0, 0.1) is 5.41 Å². The van der Waals surface area contributed by atoms with Gasteiger partial charge >= 0.3 is 5.97 Å². The predicted molar refractivity (Wildman–Crippen MR) is 109 cm³/mol. The number of fused-ring (bicyclic) bond motifs is 1. The lowest BCUT2D eigenvalue weighted by Crippen LogP contribution is -2.28. The van der Waals surface area contributed by atoms with Crippen LogP contribution in [0.3, 0.4) is 0 Å². The van der Waals surface area contributed by atoms with Gasteiger partial charge in [-0.1, -0.05) is 19.1 Å². The normalized spacial score (nSPS) is 15.0. The molecule has 0 aromatic heterocycles. The van der Waals surface area contributed by atoms with E-state index in [0.717, 1.165) is 41.0 Å². The molecule has 0 bridgehead atoms. The van der Waals surface area contributed by atoms with E-state index in [2.05, 4.69) is 0 Å². The van der Waals surface area contributed by atoms with Crippen LogP contribution in [-0.4, -0.2) is 24.8 Å². The van der Waals surface area contributed by atoms with E-state index < -0.39 is 6.29 Å². The van der Waals surface area contributed by atoms with Crippen molar-refractivity contribution in [1.29, 1.82) is 5.41 Å². The Balaban J connectivity index is 1.54. The Morgan fingerprint density at radius 3 is 2.69 bits per heavy atom. The van der Waals surface area contributed by atoms with Crippen molar-refractivity contribution in [2.45, 2.75) is 52.4 Å². The molecule has 3 rings (SSSR count). The molecule has 0 radical (unpaired) electrons. The van der Waals surface area contributed by atoms with Crippen LogP contribution in [0.1, 0.15) is 49.8 Å². The SMILES string of the molecule is CCCC(=O)OC1CCc2cc(OCc3ccc(C(=N)OCC)cc3)ccc2O1. The molecule has 1 atom stereocenters. The first-order valence-electron chi connectivity index (χ1n) is 10.0. The molecule has 0 fully saturated rings. The van der Waals surface area contributed by atoms with E-state index in [4.69, 9.17) is 24.4 Å². The molecular weight excluding hydrogens is 370 g/mol. The highest BCUT2D eigenvalue weighted by Crippen LogP contribution is 2.31. The third-order valence-corrected chi connectivity index (χ3v) is 4.57. The van der Waals surface area contributed by atoms with Crippen molar-refractivity contribution in [3.8, 4) is 11.5 Å². The van der Waals surface area contributed by atoms with E-state index in [0.29, 0.717) is 26.1 Å².